The largest absolute Gasteiger partial charge is 0.487 e. The van der Waals surface area contributed by atoms with Crippen LogP contribution in [0.1, 0.15) is 16.8 Å². The third-order valence-electron chi connectivity index (χ3n) is 3.76. The summed E-state index contributed by atoms with van der Waals surface area (Å²) in [5.74, 6) is 1.19. The zero-order valence-corrected chi connectivity index (χ0v) is 17.5. The van der Waals surface area contributed by atoms with E-state index in [4.69, 9.17) is 10.5 Å². The predicted octanol–water partition coefficient (Wildman–Crippen LogP) is 4.51. The molecule has 0 saturated carbocycles. The van der Waals surface area contributed by atoms with Gasteiger partial charge in [-0.1, -0.05) is 30.3 Å². The molecule has 3 N–H and O–H groups in total. The maximum atomic E-state index is 5.95. The van der Waals surface area contributed by atoms with E-state index in [1.54, 1.807) is 6.20 Å². The molecule has 1 heterocycles. The first kappa shape index (κ1) is 20.7. The summed E-state index contributed by atoms with van der Waals surface area (Å²) in [5, 5.41) is 3.10. The molecule has 0 saturated heterocycles. The minimum Gasteiger partial charge on any atom is -0.487 e. The van der Waals surface area contributed by atoms with Gasteiger partial charge >= 0.3 is 0 Å². The van der Waals surface area contributed by atoms with Crippen molar-refractivity contribution < 1.29 is 4.74 Å². The van der Waals surface area contributed by atoms with Crippen molar-refractivity contribution in [2.24, 2.45) is 10.7 Å². The van der Waals surface area contributed by atoms with Crippen LogP contribution in [0, 0.1) is 6.92 Å². The van der Waals surface area contributed by atoms with Crippen LogP contribution in [-0.4, -0.2) is 10.9 Å². The van der Waals surface area contributed by atoms with E-state index in [0.717, 1.165) is 22.7 Å². The molecule has 140 valence electrons. The van der Waals surface area contributed by atoms with E-state index in [0.29, 0.717) is 19.1 Å². The summed E-state index contributed by atoms with van der Waals surface area (Å²) in [6.07, 6.45) is 1.76. The van der Waals surface area contributed by atoms with Crippen LogP contribution < -0.4 is 15.8 Å². The molecule has 0 radical (unpaired) electrons. The molecule has 0 atom stereocenters. The van der Waals surface area contributed by atoms with Gasteiger partial charge in [0.15, 0.2) is 5.96 Å². The summed E-state index contributed by atoms with van der Waals surface area (Å²) in [7, 11) is 0. The van der Waals surface area contributed by atoms with E-state index in [1.807, 2.05) is 73.7 Å². The molecule has 0 aliphatic rings. The normalized spacial score (nSPS) is 10.8. The molecule has 0 unspecified atom stereocenters. The van der Waals surface area contributed by atoms with Crippen LogP contribution in [0.5, 0.6) is 5.75 Å². The Kier molecular flexibility index (Phi) is 8.06. The van der Waals surface area contributed by atoms with Gasteiger partial charge in [0.2, 0.25) is 0 Å². The molecule has 0 amide bonds. The Balaban J connectivity index is 0.00000261. The van der Waals surface area contributed by atoms with Crippen LogP contribution in [0.25, 0.3) is 0 Å². The summed E-state index contributed by atoms with van der Waals surface area (Å²) < 4.78 is 5.73. The van der Waals surface area contributed by atoms with E-state index in [1.165, 1.54) is 5.56 Å². The number of guanidine groups is 1. The Bertz CT molecular complexity index is 867. The van der Waals surface area contributed by atoms with Crippen molar-refractivity contribution in [3.8, 4) is 5.75 Å². The van der Waals surface area contributed by atoms with E-state index in [-0.39, 0.29) is 24.0 Å². The average Bonchev–Trinajstić information content (AvgIpc) is 2.66. The number of benzene rings is 2. The quantitative estimate of drug-likeness (QED) is 0.313. The predicted molar refractivity (Wildman–Crippen MR) is 121 cm³/mol. The number of aromatic nitrogens is 1. The van der Waals surface area contributed by atoms with E-state index in [9.17, 15) is 0 Å². The number of hydrogen-bond donors (Lipinski definition) is 2. The van der Waals surface area contributed by atoms with Crippen molar-refractivity contribution in [1.82, 2.24) is 4.98 Å². The van der Waals surface area contributed by atoms with Crippen molar-refractivity contribution in [3.05, 3.63) is 89.7 Å². The van der Waals surface area contributed by atoms with Gasteiger partial charge in [-0.3, -0.25) is 4.98 Å². The number of rotatable bonds is 6. The van der Waals surface area contributed by atoms with E-state index in [2.05, 4.69) is 15.3 Å². The summed E-state index contributed by atoms with van der Waals surface area (Å²) >= 11 is 0. The number of anilines is 1. The SMILES string of the molecule is Cc1cccc(NC(N)=NCc2ccc(OCc3ccccn3)cc2)c1.I. The van der Waals surface area contributed by atoms with E-state index >= 15 is 0 Å². The molecule has 27 heavy (non-hydrogen) atoms. The maximum absolute atomic E-state index is 5.95. The Labute approximate surface area is 176 Å². The summed E-state index contributed by atoms with van der Waals surface area (Å²) in [6, 6.07) is 21.6. The van der Waals surface area contributed by atoms with Gasteiger partial charge in [0.25, 0.3) is 0 Å². The second-order valence-corrected chi connectivity index (χ2v) is 5.95. The fourth-order valence-electron chi connectivity index (χ4n) is 2.42. The number of aryl methyl sites for hydroxylation is 1. The lowest BCUT2D eigenvalue weighted by Crippen LogP contribution is -2.22. The van der Waals surface area contributed by atoms with Gasteiger partial charge in [0, 0.05) is 11.9 Å². The minimum absolute atomic E-state index is 0. The van der Waals surface area contributed by atoms with Crippen LogP contribution in [-0.2, 0) is 13.2 Å². The Morgan fingerprint density at radius 2 is 1.89 bits per heavy atom. The molecule has 3 aromatic rings. The van der Waals surface area contributed by atoms with Crippen molar-refractivity contribution >= 4 is 35.6 Å². The van der Waals surface area contributed by atoms with Gasteiger partial charge in [-0.05, 0) is 54.4 Å². The molecule has 1 aromatic heterocycles. The van der Waals surface area contributed by atoms with Crippen molar-refractivity contribution in [3.63, 3.8) is 0 Å². The molecule has 5 nitrogen and oxygen atoms in total. The zero-order chi connectivity index (χ0) is 18.2. The molecule has 0 spiro atoms. The van der Waals surface area contributed by atoms with Gasteiger partial charge in [-0.2, -0.15) is 0 Å². The fourth-order valence-corrected chi connectivity index (χ4v) is 2.42. The van der Waals surface area contributed by atoms with Gasteiger partial charge in [-0.25, -0.2) is 4.99 Å². The van der Waals surface area contributed by atoms with E-state index < -0.39 is 0 Å². The molecule has 0 bridgehead atoms. The molecule has 6 heteroatoms. The van der Waals surface area contributed by atoms with Crippen LogP contribution in [0.3, 0.4) is 0 Å². The molecule has 0 aliphatic heterocycles. The van der Waals surface area contributed by atoms with Gasteiger partial charge in [-0.15, -0.1) is 24.0 Å². The van der Waals surface area contributed by atoms with Gasteiger partial charge in [0.05, 0.1) is 12.2 Å². The van der Waals surface area contributed by atoms with Crippen molar-refractivity contribution in [2.45, 2.75) is 20.1 Å². The highest BCUT2D eigenvalue weighted by molar-refractivity contribution is 14.0. The molecular weight excluding hydrogens is 451 g/mol. The number of aliphatic imine (C=N–C) groups is 1. The third kappa shape index (κ3) is 6.90. The first-order valence-corrected chi connectivity index (χ1v) is 8.44. The summed E-state index contributed by atoms with van der Waals surface area (Å²) in [6.45, 7) is 2.99. The first-order chi connectivity index (χ1) is 12.7. The Hall–Kier alpha value is -2.61. The van der Waals surface area contributed by atoms with Crippen LogP contribution in [0.15, 0.2) is 77.9 Å². The highest BCUT2D eigenvalue weighted by Gasteiger charge is 1.99. The number of nitrogens with zero attached hydrogens (tertiary/aromatic N) is 2. The topological polar surface area (TPSA) is 72.5 Å². The lowest BCUT2D eigenvalue weighted by atomic mass is 10.2. The lowest BCUT2D eigenvalue weighted by molar-refractivity contribution is 0.301. The number of pyridine rings is 1. The molecule has 2 aromatic carbocycles. The highest BCUT2D eigenvalue weighted by Crippen LogP contribution is 2.14. The number of nitrogens with one attached hydrogen (secondary N) is 1. The number of hydrogen-bond acceptors (Lipinski definition) is 3. The molecule has 0 fully saturated rings. The van der Waals surface area contributed by atoms with Crippen LogP contribution in [0.4, 0.5) is 5.69 Å². The smallest absolute Gasteiger partial charge is 0.193 e. The maximum Gasteiger partial charge on any atom is 0.193 e. The highest BCUT2D eigenvalue weighted by atomic mass is 127. The standard InChI is InChI=1S/C21H22N4O.HI/c1-16-5-4-7-18(13-16)25-21(22)24-14-17-8-10-20(11-9-17)26-15-19-6-2-3-12-23-19;/h2-13H,14-15H2,1H3,(H3,22,24,25);1H. The average molecular weight is 474 g/mol. The fraction of sp³-hybridized carbons (Fsp3) is 0.143. The molecular formula is C21H23IN4O. The molecule has 3 rings (SSSR count). The minimum atomic E-state index is 0. The number of halogens is 1. The second-order valence-electron chi connectivity index (χ2n) is 5.95. The van der Waals surface area contributed by atoms with Crippen molar-refractivity contribution in [1.29, 1.82) is 0 Å². The molecule has 0 aliphatic carbocycles. The monoisotopic (exact) mass is 474 g/mol. The number of nitrogens with two attached hydrogens (primary N) is 1. The van der Waals surface area contributed by atoms with Crippen molar-refractivity contribution in [2.75, 3.05) is 5.32 Å². The second kappa shape index (κ2) is 10.5. The zero-order valence-electron chi connectivity index (χ0n) is 15.1. The lowest BCUT2D eigenvalue weighted by Gasteiger charge is -2.07. The summed E-state index contributed by atoms with van der Waals surface area (Å²) in [4.78, 5) is 8.61. The van der Waals surface area contributed by atoms with Gasteiger partial charge < -0.3 is 15.8 Å². The Morgan fingerprint density at radius 1 is 1.07 bits per heavy atom. The van der Waals surface area contributed by atoms with Crippen LogP contribution >= 0.6 is 24.0 Å². The van der Waals surface area contributed by atoms with Crippen LogP contribution in [0.2, 0.25) is 0 Å². The third-order valence-corrected chi connectivity index (χ3v) is 3.76. The number of ether oxygens (including phenoxy) is 1. The van der Waals surface area contributed by atoms with Gasteiger partial charge in [0.1, 0.15) is 12.4 Å². The summed E-state index contributed by atoms with van der Waals surface area (Å²) in [5.41, 5.74) is 10.0. The first-order valence-electron chi connectivity index (χ1n) is 8.44. The Morgan fingerprint density at radius 3 is 2.59 bits per heavy atom.